The minimum absolute atomic E-state index is 0.116. The van der Waals surface area contributed by atoms with Crippen LogP contribution in [0.5, 0.6) is 0 Å². The molecule has 0 bridgehead atoms. The van der Waals surface area contributed by atoms with Crippen molar-refractivity contribution in [2.24, 2.45) is 5.92 Å². The maximum absolute atomic E-state index is 12.1. The molecule has 0 N–H and O–H groups in total. The maximum Gasteiger partial charge on any atom is 0.100 e. The summed E-state index contributed by atoms with van der Waals surface area (Å²) >= 11 is 0. The van der Waals surface area contributed by atoms with Crippen molar-refractivity contribution in [3.8, 4) is 0 Å². The minimum Gasteiger partial charge on any atom is -0.242 e. The maximum atomic E-state index is 12.1. The van der Waals surface area contributed by atoms with E-state index in [-0.39, 0.29) is 10.3 Å². The Hall–Kier alpha value is 0.110. The van der Waals surface area contributed by atoms with Gasteiger partial charge in [-0.25, -0.2) is 8.51 Å². The first-order chi connectivity index (χ1) is 6.17. The summed E-state index contributed by atoms with van der Waals surface area (Å²) in [5.74, 6) is 0.682. The molecule has 14 heavy (non-hydrogen) atoms. The largest absolute Gasteiger partial charge is 0.242 e. The molecule has 1 aliphatic rings. The molecule has 0 aromatic heterocycles. The Balaban J connectivity index is 2.57. The molecule has 1 aliphatic heterocycles. The SMILES string of the molecule is CC(C)CC1(C)CN1S(=O)C(C)(C)C. The highest BCUT2D eigenvalue weighted by Gasteiger charge is 2.53. The molecule has 3 unspecified atom stereocenters. The molecule has 3 heteroatoms. The summed E-state index contributed by atoms with van der Waals surface area (Å²) in [4.78, 5) is 0. The highest BCUT2D eigenvalue weighted by atomic mass is 32.2. The van der Waals surface area contributed by atoms with Gasteiger partial charge in [-0.2, -0.15) is 0 Å². The van der Waals surface area contributed by atoms with Gasteiger partial charge in [-0.05, 0) is 40.0 Å². The van der Waals surface area contributed by atoms with E-state index in [1.54, 1.807) is 0 Å². The van der Waals surface area contributed by atoms with E-state index in [9.17, 15) is 4.21 Å². The molecule has 1 fully saturated rings. The molecule has 3 atom stereocenters. The van der Waals surface area contributed by atoms with Crippen molar-refractivity contribution < 1.29 is 4.21 Å². The lowest BCUT2D eigenvalue weighted by Crippen LogP contribution is -2.31. The van der Waals surface area contributed by atoms with Gasteiger partial charge in [-0.3, -0.25) is 0 Å². The van der Waals surface area contributed by atoms with E-state index >= 15 is 0 Å². The van der Waals surface area contributed by atoms with Crippen LogP contribution in [-0.4, -0.2) is 25.3 Å². The van der Waals surface area contributed by atoms with E-state index in [0.717, 1.165) is 13.0 Å². The molecule has 0 amide bonds. The van der Waals surface area contributed by atoms with Crippen LogP contribution in [0.1, 0.15) is 48.0 Å². The molecule has 0 saturated carbocycles. The minimum atomic E-state index is -0.830. The van der Waals surface area contributed by atoms with Crippen LogP contribution < -0.4 is 0 Å². The Labute approximate surface area is 90.7 Å². The lowest BCUT2D eigenvalue weighted by molar-refractivity contribution is 0.444. The van der Waals surface area contributed by atoms with Crippen molar-refractivity contribution in [2.75, 3.05) is 6.54 Å². The smallest absolute Gasteiger partial charge is 0.100 e. The van der Waals surface area contributed by atoms with E-state index in [1.807, 2.05) is 20.8 Å². The van der Waals surface area contributed by atoms with Crippen molar-refractivity contribution in [1.82, 2.24) is 4.31 Å². The molecule has 0 radical (unpaired) electrons. The van der Waals surface area contributed by atoms with Gasteiger partial charge in [0.05, 0.1) is 4.75 Å². The third kappa shape index (κ3) is 2.57. The van der Waals surface area contributed by atoms with Gasteiger partial charge in [0.2, 0.25) is 0 Å². The molecular formula is C11H23NOS. The topological polar surface area (TPSA) is 20.1 Å². The molecule has 84 valence electrons. The van der Waals surface area contributed by atoms with Gasteiger partial charge < -0.3 is 0 Å². The fourth-order valence-corrected chi connectivity index (χ4v) is 3.44. The zero-order valence-corrected chi connectivity index (χ0v) is 11.1. The van der Waals surface area contributed by atoms with Crippen LogP contribution in [0.3, 0.4) is 0 Å². The van der Waals surface area contributed by atoms with Gasteiger partial charge in [0, 0.05) is 12.1 Å². The molecular weight excluding hydrogens is 194 g/mol. The summed E-state index contributed by atoms with van der Waals surface area (Å²) in [7, 11) is -0.830. The van der Waals surface area contributed by atoms with E-state index < -0.39 is 11.0 Å². The van der Waals surface area contributed by atoms with E-state index in [0.29, 0.717) is 5.92 Å². The van der Waals surface area contributed by atoms with Crippen LogP contribution in [0.4, 0.5) is 0 Å². The van der Waals surface area contributed by atoms with Crippen molar-refractivity contribution in [3.63, 3.8) is 0 Å². The summed E-state index contributed by atoms with van der Waals surface area (Å²) in [6.07, 6.45) is 1.15. The monoisotopic (exact) mass is 217 g/mol. The molecule has 1 heterocycles. The summed E-state index contributed by atoms with van der Waals surface area (Å²) in [5.41, 5.74) is 0.201. The number of nitrogens with zero attached hydrogens (tertiary/aromatic N) is 1. The first-order valence-electron chi connectivity index (χ1n) is 5.36. The van der Waals surface area contributed by atoms with Crippen LogP contribution in [-0.2, 0) is 11.0 Å². The zero-order valence-electron chi connectivity index (χ0n) is 10.3. The first kappa shape index (κ1) is 12.2. The van der Waals surface area contributed by atoms with Crippen LogP contribution >= 0.6 is 0 Å². The Kier molecular flexibility index (Phi) is 3.13. The second-order valence-electron chi connectivity index (χ2n) is 5.99. The first-order valence-corrected chi connectivity index (χ1v) is 6.47. The Morgan fingerprint density at radius 2 is 1.93 bits per heavy atom. The normalized spacial score (nSPS) is 34.6. The van der Waals surface area contributed by atoms with Gasteiger partial charge in [0.25, 0.3) is 0 Å². The van der Waals surface area contributed by atoms with Crippen molar-refractivity contribution in [1.29, 1.82) is 0 Å². The second-order valence-corrected chi connectivity index (χ2v) is 8.16. The Morgan fingerprint density at radius 3 is 2.29 bits per heavy atom. The molecule has 0 aromatic rings. The van der Waals surface area contributed by atoms with Gasteiger partial charge in [0.15, 0.2) is 0 Å². The Morgan fingerprint density at radius 1 is 1.43 bits per heavy atom. The fraction of sp³-hybridized carbons (Fsp3) is 1.00. The fourth-order valence-electron chi connectivity index (χ4n) is 1.91. The average Bonchev–Trinajstić information content (AvgIpc) is 2.56. The van der Waals surface area contributed by atoms with E-state index in [2.05, 4.69) is 25.1 Å². The highest BCUT2D eigenvalue weighted by Crippen LogP contribution is 2.41. The molecule has 0 spiro atoms. The van der Waals surface area contributed by atoms with Gasteiger partial charge in [-0.15, -0.1) is 0 Å². The van der Waals surface area contributed by atoms with Crippen LogP contribution in [0.15, 0.2) is 0 Å². The number of hydrogen-bond donors (Lipinski definition) is 0. The van der Waals surface area contributed by atoms with Crippen LogP contribution in [0.2, 0.25) is 0 Å². The quantitative estimate of drug-likeness (QED) is 0.665. The average molecular weight is 217 g/mol. The Bertz CT molecular complexity index is 244. The predicted molar refractivity (Wildman–Crippen MR) is 62.5 cm³/mol. The van der Waals surface area contributed by atoms with Gasteiger partial charge >= 0.3 is 0 Å². The van der Waals surface area contributed by atoms with Gasteiger partial charge in [-0.1, -0.05) is 13.8 Å². The summed E-state index contributed by atoms with van der Waals surface area (Å²) in [6, 6.07) is 0. The van der Waals surface area contributed by atoms with E-state index in [4.69, 9.17) is 0 Å². The van der Waals surface area contributed by atoms with E-state index in [1.165, 1.54) is 0 Å². The summed E-state index contributed by atoms with van der Waals surface area (Å²) in [5, 5.41) is 0. The lowest BCUT2D eigenvalue weighted by atomic mass is 9.99. The zero-order chi connectivity index (χ0) is 11.1. The molecule has 0 aliphatic carbocycles. The number of hydrogen-bond acceptors (Lipinski definition) is 1. The predicted octanol–water partition coefficient (Wildman–Crippen LogP) is 2.57. The lowest BCUT2D eigenvalue weighted by Gasteiger charge is -2.22. The summed E-state index contributed by atoms with van der Waals surface area (Å²) in [6.45, 7) is 13.8. The molecule has 1 saturated heterocycles. The summed E-state index contributed by atoms with van der Waals surface area (Å²) < 4.78 is 14.1. The van der Waals surface area contributed by atoms with Gasteiger partial charge in [0.1, 0.15) is 11.0 Å². The molecule has 2 nitrogen and oxygen atoms in total. The second kappa shape index (κ2) is 3.60. The van der Waals surface area contributed by atoms with Crippen molar-refractivity contribution in [2.45, 2.75) is 58.2 Å². The molecule has 1 rings (SSSR count). The van der Waals surface area contributed by atoms with Crippen molar-refractivity contribution >= 4 is 11.0 Å². The molecule has 0 aromatic carbocycles. The third-order valence-corrected chi connectivity index (χ3v) is 4.57. The van der Waals surface area contributed by atoms with Crippen LogP contribution in [0, 0.1) is 5.92 Å². The number of rotatable bonds is 3. The standard InChI is InChI=1S/C11H23NOS/c1-9(2)7-11(6)8-12(11)14(13)10(3,4)5/h9H,7-8H2,1-6H3. The third-order valence-electron chi connectivity index (χ3n) is 2.55. The van der Waals surface area contributed by atoms with Crippen molar-refractivity contribution in [3.05, 3.63) is 0 Å². The highest BCUT2D eigenvalue weighted by molar-refractivity contribution is 7.84. The van der Waals surface area contributed by atoms with Crippen LogP contribution in [0.25, 0.3) is 0 Å².